The van der Waals surface area contributed by atoms with Crippen molar-refractivity contribution in [1.82, 2.24) is 9.46 Å². The fraction of sp³-hybridized carbons (Fsp3) is 0. The fourth-order valence-electron chi connectivity index (χ4n) is 3.20. The highest BCUT2D eigenvalue weighted by Crippen LogP contribution is 2.32. The zero-order chi connectivity index (χ0) is 17.6. The molecule has 0 bridgehead atoms. The van der Waals surface area contributed by atoms with Crippen LogP contribution in [0.15, 0.2) is 59.2 Å². The maximum Gasteiger partial charge on any atom is 0.678 e. The minimum Gasteiger partial charge on any atom is -0.324 e. The molecule has 2 aromatic carbocycles. The largest absolute Gasteiger partial charge is 0.678 e. The van der Waals surface area contributed by atoms with E-state index >= 15 is 0 Å². The van der Waals surface area contributed by atoms with Crippen LogP contribution in [0.1, 0.15) is 5.69 Å². The summed E-state index contributed by atoms with van der Waals surface area (Å²) in [6.07, 6.45) is 1.54. The smallest absolute Gasteiger partial charge is 0.324 e. The molecule has 0 aliphatic heterocycles. The van der Waals surface area contributed by atoms with E-state index in [1.54, 1.807) is 48.7 Å². The van der Waals surface area contributed by atoms with E-state index in [0.717, 1.165) is 14.3 Å². The minimum absolute atomic E-state index is 0.126. The van der Waals surface area contributed by atoms with Crippen LogP contribution in [0.4, 0.5) is 8.63 Å². The second-order valence-electron chi connectivity index (χ2n) is 5.49. The molecule has 4 aromatic rings. The van der Waals surface area contributed by atoms with E-state index in [0.29, 0.717) is 22.0 Å². The Morgan fingerprint density at radius 3 is 2.56 bits per heavy atom. The Morgan fingerprint density at radius 1 is 1.08 bits per heavy atom. The molecule has 0 aliphatic rings. The highest BCUT2D eigenvalue weighted by molar-refractivity contribution is 9.10. The predicted octanol–water partition coefficient (Wildman–Crippen LogP) is 4.17. The summed E-state index contributed by atoms with van der Waals surface area (Å²) < 4.78 is 29.6. The second-order valence-corrected chi connectivity index (χ2v) is 6.35. The van der Waals surface area contributed by atoms with Gasteiger partial charge in [0, 0.05) is 27.0 Å². The van der Waals surface area contributed by atoms with Crippen LogP contribution < -0.4 is 5.35 Å². The number of hydrogen-bond donors (Lipinski definition) is 0. The van der Waals surface area contributed by atoms with Crippen LogP contribution in [0.5, 0.6) is 0 Å². The van der Waals surface area contributed by atoms with E-state index in [1.807, 2.05) is 6.07 Å². The average Bonchev–Trinajstić information content (AvgIpc) is 2.96. The third kappa shape index (κ3) is 2.33. The van der Waals surface area contributed by atoms with Gasteiger partial charge in [0.15, 0.2) is 0 Å². The van der Waals surface area contributed by atoms with Crippen LogP contribution in [0, 0.1) is 11.3 Å². The Labute approximate surface area is 150 Å². The van der Waals surface area contributed by atoms with Gasteiger partial charge in [-0.15, -0.1) is 0 Å². The van der Waals surface area contributed by atoms with Gasteiger partial charge in [-0.25, -0.2) is 0 Å². The summed E-state index contributed by atoms with van der Waals surface area (Å²) in [6, 6.07) is 16.0. The van der Waals surface area contributed by atoms with E-state index in [2.05, 4.69) is 27.0 Å². The van der Waals surface area contributed by atoms with Crippen molar-refractivity contribution < 1.29 is 8.63 Å². The normalized spacial score (nSPS) is 12.4. The molecule has 120 valence electrons. The van der Waals surface area contributed by atoms with Crippen molar-refractivity contribution in [3.8, 4) is 6.07 Å². The van der Waals surface area contributed by atoms with Gasteiger partial charge in [0.05, 0.1) is 11.0 Å². The topological polar surface area (TPSA) is 41.6 Å². The first kappa shape index (κ1) is 15.8. The fourth-order valence-corrected chi connectivity index (χ4v) is 3.66. The van der Waals surface area contributed by atoms with Crippen LogP contribution >= 0.6 is 15.9 Å². The number of aromatic nitrogens is 2. The van der Waals surface area contributed by atoms with Gasteiger partial charge in [0.1, 0.15) is 11.6 Å². The van der Waals surface area contributed by atoms with Crippen molar-refractivity contribution in [1.29, 1.82) is 5.26 Å². The van der Waals surface area contributed by atoms with Crippen LogP contribution in [0.3, 0.4) is 0 Å². The summed E-state index contributed by atoms with van der Waals surface area (Å²) in [7, 11) is -2.78. The van der Waals surface area contributed by atoms with Gasteiger partial charge < -0.3 is 4.48 Å². The summed E-state index contributed by atoms with van der Waals surface area (Å²) in [6.45, 7) is 0. The Hall–Kier alpha value is -2.72. The molecule has 4 rings (SSSR count). The first-order valence-corrected chi connectivity index (χ1v) is 8.27. The van der Waals surface area contributed by atoms with Crippen LogP contribution in [0.2, 0.25) is 0 Å². The minimum atomic E-state index is -2.78. The predicted molar refractivity (Wildman–Crippen MR) is 98.1 cm³/mol. The Balaban J connectivity index is 2.33. The van der Waals surface area contributed by atoms with E-state index in [1.165, 1.54) is 0 Å². The second kappa shape index (κ2) is 5.98. The lowest BCUT2D eigenvalue weighted by Gasteiger charge is -2.04. The van der Waals surface area contributed by atoms with Gasteiger partial charge in [-0.3, -0.25) is 13.6 Å². The zero-order valence-corrected chi connectivity index (χ0v) is 14.3. The quantitative estimate of drug-likeness (QED) is 0.478. The van der Waals surface area contributed by atoms with E-state index in [4.69, 9.17) is 0 Å². The number of rotatable bonds is 2. The molecule has 0 aliphatic carbocycles. The van der Waals surface area contributed by atoms with E-state index in [9.17, 15) is 13.9 Å². The maximum atomic E-state index is 13.9. The monoisotopic (exact) mass is 395 g/mol. The molecule has 0 unspecified atom stereocenters. The van der Waals surface area contributed by atoms with E-state index < -0.39 is 7.40 Å². The molecule has 0 spiro atoms. The van der Waals surface area contributed by atoms with Gasteiger partial charge in [-0.1, -0.05) is 40.2 Å². The molecular formula is C18H9BBrF2N3. The standard InChI is InChI=1S/C18H9BBrF2N3/c20-14-7-8-16-17-11(14)4-3-5-12(17)18(25(16)19(21)22)13(10-23)15-6-1-2-9-24-15/h1-9H/b18-13-. The number of pyridine rings is 1. The first-order chi connectivity index (χ1) is 12.1. The summed E-state index contributed by atoms with van der Waals surface area (Å²) in [5.41, 5.74) is 0.887. The number of nitriles is 1. The molecular weight excluding hydrogens is 387 g/mol. The van der Waals surface area contributed by atoms with Crippen LogP contribution in [-0.4, -0.2) is 16.9 Å². The molecule has 0 atom stereocenters. The highest BCUT2D eigenvalue weighted by atomic mass is 79.9. The lowest BCUT2D eigenvalue weighted by molar-refractivity contribution is 0.631. The van der Waals surface area contributed by atoms with Gasteiger partial charge in [0.25, 0.3) is 0 Å². The van der Waals surface area contributed by atoms with Crippen molar-refractivity contribution >= 4 is 50.6 Å². The molecule has 3 nitrogen and oxygen atoms in total. The molecule has 2 aromatic heterocycles. The number of halogens is 3. The summed E-state index contributed by atoms with van der Waals surface area (Å²) in [4.78, 5) is 4.17. The molecule has 0 fully saturated rings. The summed E-state index contributed by atoms with van der Waals surface area (Å²) >= 11 is 3.47. The van der Waals surface area contributed by atoms with Crippen molar-refractivity contribution in [2.75, 3.05) is 0 Å². The molecule has 0 radical (unpaired) electrons. The highest BCUT2D eigenvalue weighted by Gasteiger charge is 2.26. The van der Waals surface area contributed by atoms with Gasteiger partial charge in [-0.2, -0.15) is 5.26 Å². The van der Waals surface area contributed by atoms with Crippen molar-refractivity contribution in [3.63, 3.8) is 0 Å². The molecule has 0 amide bonds. The molecule has 2 heterocycles. The van der Waals surface area contributed by atoms with Crippen LogP contribution in [-0.2, 0) is 0 Å². The Morgan fingerprint density at radius 2 is 1.88 bits per heavy atom. The SMILES string of the molecule is N#C/C(c1ccccn1)=c1\c2cccc3c(Br)ccc(c32)n1B(F)F. The van der Waals surface area contributed by atoms with Crippen molar-refractivity contribution in [2.24, 2.45) is 0 Å². The van der Waals surface area contributed by atoms with Gasteiger partial charge in [-0.05, 0) is 29.7 Å². The van der Waals surface area contributed by atoms with Crippen molar-refractivity contribution in [3.05, 3.63) is 70.2 Å². The third-order valence-corrected chi connectivity index (χ3v) is 4.88. The number of nitrogens with zero attached hydrogens (tertiary/aromatic N) is 3. The molecule has 0 N–H and O–H groups in total. The van der Waals surface area contributed by atoms with Crippen molar-refractivity contribution in [2.45, 2.75) is 0 Å². The van der Waals surface area contributed by atoms with Crippen LogP contribution in [0.25, 0.3) is 27.2 Å². The lowest BCUT2D eigenvalue weighted by Crippen LogP contribution is -2.28. The molecule has 25 heavy (non-hydrogen) atoms. The lowest BCUT2D eigenvalue weighted by atomic mass is 10.1. The number of hydrogen-bond acceptors (Lipinski definition) is 2. The third-order valence-electron chi connectivity index (χ3n) is 4.19. The molecule has 0 saturated carbocycles. The number of benzene rings is 2. The zero-order valence-electron chi connectivity index (χ0n) is 12.7. The Kier molecular flexibility index (Phi) is 3.77. The molecule has 7 heteroatoms. The summed E-state index contributed by atoms with van der Waals surface area (Å²) in [5, 5.41) is 12.0. The first-order valence-electron chi connectivity index (χ1n) is 7.48. The Bertz CT molecular complexity index is 1200. The summed E-state index contributed by atoms with van der Waals surface area (Å²) in [5.74, 6) is 0. The van der Waals surface area contributed by atoms with E-state index in [-0.39, 0.29) is 10.9 Å². The molecule has 0 saturated heterocycles. The van der Waals surface area contributed by atoms with Gasteiger partial charge >= 0.3 is 7.40 Å². The average molecular weight is 396 g/mol. The van der Waals surface area contributed by atoms with Gasteiger partial charge in [0.2, 0.25) is 0 Å². The maximum absolute atomic E-state index is 13.9.